The van der Waals surface area contributed by atoms with Crippen LogP contribution in [-0.2, 0) is 0 Å². The first kappa shape index (κ1) is 5.87. The van der Waals surface area contributed by atoms with Crippen LogP contribution in [0.2, 0.25) is 0 Å². The van der Waals surface area contributed by atoms with Crippen molar-refractivity contribution in [1.82, 2.24) is 0 Å². The van der Waals surface area contributed by atoms with Gasteiger partial charge in [0.15, 0.2) is 0 Å². The van der Waals surface area contributed by atoms with Crippen LogP contribution in [0.15, 0.2) is 12.2 Å². The highest BCUT2D eigenvalue weighted by atomic mass is 13.9. The molecule has 0 aliphatic rings. The van der Waals surface area contributed by atoms with Crippen LogP contribution >= 0.6 is 0 Å². The van der Waals surface area contributed by atoms with Crippen LogP contribution in [0.5, 0.6) is 0 Å². The van der Waals surface area contributed by atoms with Gasteiger partial charge >= 0.3 is 0 Å². The van der Waals surface area contributed by atoms with Gasteiger partial charge in [-0.3, -0.25) is 0 Å². The second kappa shape index (κ2) is 4.89. The first-order chi connectivity index (χ1) is 4.06. The second-order valence-corrected chi connectivity index (χ2v) is 2.29. The minimum Gasteiger partial charge on any atom is -0.0888 e. The molecule has 0 heteroatoms. The number of rotatable bonds is 3. The van der Waals surface area contributed by atoms with E-state index in [1.165, 1.54) is 0 Å². The second-order valence-electron chi connectivity index (χ2n) is 2.29. The van der Waals surface area contributed by atoms with Gasteiger partial charge in [0.05, 0.1) is 0 Å². The molecule has 0 bridgehead atoms. The first-order valence-corrected chi connectivity index (χ1v) is 3.21. The summed E-state index contributed by atoms with van der Waals surface area (Å²) in [5, 5.41) is 0. The van der Waals surface area contributed by atoms with Gasteiger partial charge in [-0.15, -0.1) is 0 Å². The van der Waals surface area contributed by atoms with Gasteiger partial charge in [-0.1, -0.05) is 32.9 Å². The monoisotopic (exact) mass is 113 g/mol. The lowest BCUT2D eigenvalue weighted by Crippen LogP contribution is -1.80. The Morgan fingerprint density at radius 2 is 2.12 bits per heavy atom. The largest absolute Gasteiger partial charge is 0.0888 e. The topological polar surface area (TPSA) is 0 Å². The summed E-state index contributed by atoms with van der Waals surface area (Å²) in [6.07, 6.45) is 6.13. The molecule has 0 aromatic heterocycles. The third-order valence-corrected chi connectivity index (χ3v) is 0.928. The Bertz CT molecular complexity index is 87.2. The van der Waals surface area contributed by atoms with E-state index in [0.717, 1.165) is 12.8 Å². The van der Waals surface area contributed by atoms with Crippen molar-refractivity contribution in [3.05, 3.63) is 12.2 Å². The molecule has 0 radical (unpaired) electrons. The quantitative estimate of drug-likeness (QED) is 0.493. The number of allylic oxidation sites excluding steroid dienone is 2. The van der Waals surface area contributed by atoms with Gasteiger partial charge < -0.3 is 0 Å². The van der Waals surface area contributed by atoms with Gasteiger partial charge in [0.1, 0.15) is 0 Å². The van der Waals surface area contributed by atoms with E-state index >= 15 is 0 Å². The summed E-state index contributed by atoms with van der Waals surface area (Å²) in [5.74, 6) is -0.286. The van der Waals surface area contributed by atoms with E-state index in [0.29, 0.717) is 0 Å². The predicted molar refractivity (Wildman–Crippen MR) is 38.9 cm³/mol. The van der Waals surface area contributed by atoms with Crippen molar-refractivity contribution in [2.75, 3.05) is 0 Å². The summed E-state index contributed by atoms with van der Waals surface area (Å²) in [6, 6.07) is 0. The Balaban J connectivity index is 3.38. The number of hydrogen-bond acceptors (Lipinski definition) is 0. The van der Waals surface area contributed by atoms with Gasteiger partial charge in [-0.25, -0.2) is 0 Å². The van der Waals surface area contributed by atoms with Crippen molar-refractivity contribution >= 4 is 0 Å². The van der Waals surface area contributed by atoms with Gasteiger partial charge in [-0.05, 0) is 18.7 Å². The van der Waals surface area contributed by atoms with Crippen LogP contribution in [0.1, 0.15) is 35.0 Å². The van der Waals surface area contributed by atoms with Gasteiger partial charge in [0.2, 0.25) is 0 Å². The molecular formula is C8H16. The van der Waals surface area contributed by atoms with E-state index in [-0.39, 0.29) is 5.89 Å². The fourth-order valence-electron chi connectivity index (χ4n) is 0.486. The molecule has 0 rings (SSSR count). The van der Waals surface area contributed by atoms with Crippen molar-refractivity contribution < 1.29 is 1.37 Å². The Morgan fingerprint density at radius 3 is 2.50 bits per heavy atom. The summed E-state index contributed by atoms with van der Waals surface area (Å²) in [7, 11) is 0. The van der Waals surface area contributed by atoms with Gasteiger partial charge in [-0.2, -0.15) is 0 Å². The van der Waals surface area contributed by atoms with Crippen LogP contribution < -0.4 is 0 Å². The minimum absolute atomic E-state index is 0.286. The average molecular weight is 113 g/mol. The molecule has 0 N–H and O–H groups in total. The summed E-state index contributed by atoms with van der Waals surface area (Å²) < 4.78 is 7.46. The molecule has 0 aliphatic carbocycles. The highest BCUT2D eigenvalue weighted by molar-refractivity contribution is 4.80. The molecule has 0 atom stereocenters. The van der Waals surface area contributed by atoms with E-state index in [1.54, 1.807) is 0 Å². The molecule has 0 heterocycles. The smallest absolute Gasteiger partial charge is 0.0300 e. The van der Waals surface area contributed by atoms with Gasteiger partial charge in [0.25, 0.3) is 0 Å². The van der Waals surface area contributed by atoms with Crippen molar-refractivity contribution in [2.45, 2.75) is 33.6 Å². The molecule has 8 heavy (non-hydrogen) atoms. The molecule has 0 aliphatic heterocycles. The Kier molecular flexibility index (Phi) is 3.59. The standard InChI is InChI=1S/C8H16/c1-4-5-6-7-8(2)3/h5-6,8H,4,7H2,1-3H3/i8D. The Morgan fingerprint density at radius 1 is 1.50 bits per heavy atom. The van der Waals surface area contributed by atoms with Crippen molar-refractivity contribution in [2.24, 2.45) is 5.89 Å². The minimum atomic E-state index is -0.286. The lowest BCUT2D eigenvalue weighted by molar-refractivity contribution is 0.662. The third-order valence-electron chi connectivity index (χ3n) is 0.928. The lowest BCUT2D eigenvalue weighted by Gasteiger charge is -1.94. The maximum absolute atomic E-state index is 7.46. The molecule has 0 spiro atoms. The van der Waals surface area contributed by atoms with Crippen LogP contribution in [0.25, 0.3) is 0 Å². The summed E-state index contributed by atoms with van der Waals surface area (Å²) in [5.41, 5.74) is 0. The van der Waals surface area contributed by atoms with Crippen molar-refractivity contribution in [3.8, 4) is 0 Å². The molecular weight excluding hydrogens is 96.1 g/mol. The zero-order valence-electron chi connectivity index (χ0n) is 7.07. The summed E-state index contributed by atoms with van der Waals surface area (Å²) in [4.78, 5) is 0. The fraction of sp³-hybridized carbons (Fsp3) is 0.750. The molecule has 48 valence electrons. The maximum Gasteiger partial charge on any atom is 0.0300 e. The zero-order valence-corrected chi connectivity index (χ0v) is 6.07. The van der Waals surface area contributed by atoms with E-state index in [1.807, 2.05) is 13.8 Å². The molecule has 0 fully saturated rings. The van der Waals surface area contributed by atoms with Crippen LogP contribution in [0, 0.1) is 5.89 Å². The molecule has 0 amide bonds. The van der Waals surface area contributed by atoms with Crippen molar-refractivity contribution in [1.29, 1.82) is 0 Å². The van der Waals surface area contributed by atoms with Crippen molar-refractivity contribution in [3.63, 3.8) is 0 Å². The van der Waals surface area contributed by atoms with Crippen LogP contribution in [-0.4, -0.2) is 0 Å². The summed E-state index contributed by atoms with van der Waals surface area (Å²) in [6.45, 7) is 5.95. The Hall–Kier alpha value is -0.260. The normalized spacial score (nSPS) is 14.6. The number of hydrogen-bond donors (Lipinski definition) is 0. The highest BCUT2D eigenvalue weighted by Crippen LogP contribution is 1.99. The van der Waals surface area contributed by atoms with E-state index in [2.05, 4.69) is 19.1 Å². The highest BCUT2D eigenvalue weighted by Gasteiger charge is 1.84. The molecule has 0 saturated heterocycles. The summed E-state index contributed by atoms with van der Waals surface area (Å²) >= 11 is 0. The molecule has 0 saturated carbocycles. The van der Waals surface area contributed by atoms with Crippen LogP contribution in [0.4, 0.5) is 0 Å². The SMILES string of the molecule is [2H]C(C)(C)CC=CCC. The van der Waals surface area contributed by atoms with E-state index < -0.39 is 0 Å². The Labute approximate surface area is 54.0 Å². The molecule has 0 unspecified atom stereocenters. The van der Waals surface area contributed by atoms with Gasteiger partial charge in [0, 0.05) is 1.37 Å². The first-order valence-electron chi connectivity index (χ1n) is 3.71. The van der Waals surface area contributed by atoms with Crippen LogP contribution in [0.3, 0.4) is 0 Å². The molecule has 0 aromatic rings. The van der Waals surface area contributed by atoms with E-state index in [4.69, 9.17) is 1.37 Å². The predicted octanol–water partition coefficient (Wildman–Crippen LogP) is 3.00. The van der Waals surface area contributed by atoms with E-state index in [9.17, 15) is 0 Å². The molecule has 0 aromatic carbocycles. The third kappa shape index (κ3) is 5.74. The zero-order chi connectivity index (χ0) is 7.33. The maximum atomic E-state index is 7.46. The lowest BCUT2D eigenvalue weighted by atomic mass is 10.1. The fourth-order valence-corrected chi connectivity index (χ4v) is 0.486. The average Bonchev–Trinajstić information content (AvgIpc) is 1.63. The molecule has 0 nitrogen and oxygen atoms in total.